The minimum Gasteiger partial charge on any atom is -0.507 e. The Bertz CT molecular complexity index is 2850. The largest absolute Gasteiger partial charge is 0.507 e. The van der Waals surface area contributed by atoms with E-state index in [0.717, 1.165) is 18.9 Å². The molecule has 1 saturated heterocycles. The molecular weight excluding hydrogens is 978 g/mol. The monoisotopic (exact) mass is 1040 g/mol. The summed E-state index contributed by atoms with van der Waals surface area (Å²) in [5.74, 6) is -12.7. The second-order valence-electron chi connectivity index (χ2n) is 20.6. The summed E-state index contributed by atoms with van der Waals surface area (Å²) in [6.45, 7) is 12.3. The molecule has 75 heavy (non-hydrogen) atoms. The number of carboxylic acid groups (broad SMARTS) is 1. The van der Waals surface area contributed by atoms with Crippen molar-refractivity contribution in [3.05, 3.63) is 105 Å². The average Bonchev–Trinajstić information content (AvgIpc) is 4.18. The van der Waals surface area contributed by atoms with Crippen LogP contribution in [0.15, 0.2) is 88.1 Å². The third kappa shape index (κ3) is 9.76. The summed E-state index contributed by atoms with van der Waals surface area (Å²) in [4.78, 5) is 87.5. The Balaban J connectivity index is 1.19. The highest BCUT2D eigenvalue weighted by Crippen LogP contribution is 2.50. The number of carbonyl (C=O) groups is 6. The molecule has 1 amide bonds. The van der Waals surface area contributed by atoms with Crippen molar-refractivity contribution in [1.29, 1.82) is 0 Å². The first kappa shape index (κ1) is 54.2. The number of ketones is 3. The number of carboxylic acids is 1. The molecular formula is C54H64FN5O15. The number of hydrogen-bond donors (Lipinski definition) is 6. The van der Waals surface area contributed by atoms with Crippen molar-refractivity contribution in [2.24, 2.45) is 34.7 Å². The first-order chi connectivity index (χ1) is 35.5. The summed E-state index contributed by atoms with van der Waals surface area (Å²) in [5.41, 5.74) is -2.45. The van der Waals surface area contributed by atoms with Gasteiger partial charge in [-0.25, -0.2) is 9.18 Å². The standard InChI is InChI=1S/C54H64FN5O15/c1-24-11-10-12-25(2)52(68)56-41-42(59-18-16-58(17-19-59)36-22-35-32(21-34(36)55)46(65)33(53(69)70)23-60(35)31-13-14-31)48(67)38-39(47(41)66)45(64)29(6)50-40(38)51(57-71)54(8,75-50)73-20-15-37(72-9)26(3)49(74-30(7)61)28(5)44(63)27(4)43(24)62/h10-12,15,20-24,26-28,31-32,35,37,43-44,49,62-64,71H,13-14,16-19H2,1-9H3,(H,56,68)(H,69,70)/b11-10+,20-15+,25-12-,57-51-/t24-,26+,27+,28+,32?,35?,37-,43-,44+,49+,54-/m0/s1. The number of methoxy groups -OCH3 is 1. The van der Waals surface area contributed by atoms with Crippen LogP contribution in [-0.4, -0.2) is 157 Å². The van der Waals surface area contributed by atoms with Crippen LogP contribution < -0.4 is 10.1 Å². The van der Waals surface area contributed by atoms with Crippen molar-refractivity contribution in [3.63, 3.8) is 0 Å². The second-order valence-corrected chi connectivity index (χ2v) is 20.6. The minimum atomic E-state index is -2.04. The lowest BCUT2D eigenvalue weighted by Gasteiger charge is -2.43. The van der Waals surface area contributed by atoms with E-state index in [1.54, 1.807) is 54.5 Å². The number of nitrogens with one attached hydrogen (secondary N) is 1. The van der Waals surface area contributed by atoms with Crippen LogP contribution in [0.4, 0.5) is 4.39 Å². The fourth-order valence-electron chi connectivity index (χ4n) is 11.1. The molecule has 1 aromatic carbocycles. The number of allylic oxidation sites excluding steroid dienone is 5. The number of piperazine rings is 1. The first-order valence-corrected chi connectivity index (χ1v) is 25.0. The van der Waals surface area contributed by atoms with Crippen LogP contribution in [0.1, 0.15) is 93.2 Å². The van der Waals surface area contributed by atoms with E-state index in [0.29, 0.717) is 0 Å². The van der Waals surface area contributed by atoms with E-state index in [9.17, 15) is 44.8 Å². The van der Waals surface area contributed by atoms with Gasteiger partial charge < -0.3 is 64.6 Å². The van der Waals surface area contributed by atoms with Crippen molar-refractivity contribution >= 4 is 40.9 Å². The number of ether oxygens (including phenoxy) is 4. The number of rotatable bonds is 6. The molecule has 6 N–H and O–H groups in total. The summed E-state index contributed by atoms with van der Waals surface area (Å²) in [6, 6.07) is -0.672. The van der Waals surface area contributed by atoms with Gasteiger partial charge in [0.15, 0.2) is 11.5 Å². The minimum absolute atomic E-state index is 0.0210. The van der Waals surface area contributed by atoms with Gasteiger partial charge in [0.05, 0.1) is 58.9 Å². The van der Waals surface area contributed by atoms with E-state index in [1.165, 1.54) is 65.5 Å². The number of hydrogen-bond acceptors (Lipinski definition) is 18. The number of amides is 1. The molecule has 8 aliphatic rings. The molecule has 9 rings (SSSR count). The number of Topliss-reactive ketones (excluding diaryl/α,β-unsaturated/α-hetero) is 3. The van der Waals surface area contributed by atoms with Crippen molar-refractivity contribution in [2.45, 2.75) is 111 Å². The van der Waals surface area contributed by atoms with E-state index < -0.39 is 135 Å². The Morgan fingerprint density at radius 3 is 2.19 bits per heavy atom. The number of nitrogens with zero attached hydrogens (tertiary/aromatic N) is 4. The maximum atomic E-state index is 16.2. The zero-order chi connectivity index (χ0) is 54.7. The van der Waals surface area contributed by atoms with Crippen LogP contribution in [0.25, 0.3) is 0 Å². The normalized spacial score (nSPS) is 33.8. The quantitative estimate of drug-likeness (QED) is 0.100. The molecule has 5 bridgehead atoms. The van der Waals surface area contributed by atoms with Gasteiger partial charge >= 0.3 is 11.9 Å². The zero-order valence-corrected chi connectivity index (χ0v) is 43.2. The predicted molar refractivity (Wildman–Crippen MR) is 265 cm³/mol. The van der Waals surface area contributed by atoms with Gasteiger partial charge in [0.25, 0.3) is 11.7 Å². The smallest absolute Gasteiger partial charge is 0.340 e. The van der Waals surface area contributed by atoms with Crippen LogP contribution in [-0.2, 0) is 33.4 Å². The number of aliphatic carboxylic acids is 1. The number of oxime groups is 1. The average molecular weight is 1040 g/mol. The molecule has 2 fully saturated rings. The summed E-state index contributed by atoms with van der Waals surface area (Å²) in [7, 11) is 1.41. The van der Waals surface area contributed by atoms with Crippen LogP contribution in [0, 0.1) is 36.5 Å². The first-order valence-electron chi connectivity index (χ1n) is 25.0. The predicted octanol–water partition coefficient (Wildman–Crippen LogP) is 4.32. The van der Waals surface area contributed by atoms with Gasteiger partial charge in [0, 0.05) is 94.2 Å². The van der Waals surface area contributed by atoms with Crippen LogP contribution >= 0.6 is 0 Å². The van der Waals surface area contributed by atoms with Gasteiger partial charge in [-0.1, -0.05) is 51.1 Å². The molecule has 2 unspecified atom stereocenters. The number of phenolic OH excluding ortho intramolecular Hbond substituents is 1. The van der Waals surface area contributed by atoms with E-state index >= 15 is 14.0 Å². The number of fused-ring (bicyclic) bond motifs is 15. The zero-order valence-electron chi connectivity index (χ0n) is 43.2. The number of phenols is 1. The maximum absolute atomic E-state index is 16.2. The SMILES string of the molecule is CO[C@H]1/C=C/O[C@@]2(C)Oc3c(C)c(O)c4c(c3/C2=N/O)C(=O)C(N2CCN(C3=CC5C(C=C3F)C(=O)C(C(=O)O)=CN5C3CC3)CC2)=C(NC(=O)/C(C)=C\C=C\[C@H](C)[C@H](O)[C@@H](C)[C@@H](O)[C@@H](C)[C@H](OC(C)=O)[C@@H]1C)C4=O. The molecule has 5 heterocycles. The molecule has 5 aliphatic heterocycles. The molecule has 0 radical (unpaired) electrons. The lowest BCUT2D eigenvalue weighted by Crippen LogP contribution is -2.51. The number of aliphatic hydroxyl groups excluding tert-OH is 2. The van der Waals surface area contributed by atoms with Gasteiger partial charge in [-0.15, -0.1) is 0 Å². The number of halogens is 1. The molecule has 3 aliphatic carbocycles. The van der Waals surface area contributed by atoms with E-state index in [-0.39, 0.29) is 71.8 Å². The summed E-state index contributed by atoms with van der Waals surface area (Å²) >= 11 is 0. The Labute approximate surface area is 432 Å². The van der Waals surface area contributed by atoms with Gasteiger partial charge in [0.2, 0.25) is 11.6 Å². The van der Waals surface area contributed by atoms with E-state index in [1.807, 2.05) is 0 Å². The number of carbonyl (C=O) groups excluding carboxylic acids is 5. The molecule has 402 valence electrons. The van der Waals surface area contributed by atoms with E-state index in [4.69, 9.17) is 18.9 Å². The highest BCUT2D eigenvalue weighted by molar-refractivity contribution is 6.33. The Kier molecular flexibility index (Phi) is 15.1. The van der Waals surface area contributed by atoms with Gasteiger partial charge in [0.1, 0.15) is 40.4 Å². The molecule has 0 spiro atoms. The third-order valence-electron chi connectivity index (χ3n) is 15.7. The lowest BCUT2D eigenvalue weighted by molar-refractivity contribution is -0.160. The Hall–Kier alpha value is -7.10. The second kappa shape index (κ2) is 20.9. The molecule has 1 saturated carbocycles. The van der Waals surface area contributed by atoms with Gasteiger partial charge in [-0.2, -0.15) is 0 Å². The number of aromatic hydroxyl groups is 1. The molecule has 20 nitrogen and oxygen atoms in total. The topological polar surface area (TPSA) is 275 Å². The highest BCUT2D eigenvalue weighted by Gasteiger charge is 2.53. The summed E-state index contributed by atoms with van der Waals surface area (Å²) in [5, 5.41) is 61.7. The number of aliphatic hydroxyl groups is 2. The summed E-state index contributed by atoms with van der Waals surface area (Å²) < 4.78 is 40.2. The lowest BCUT2D eigenvalue weighted by atomic mass is 9.78. The van der Waals surface area contributed by atoms with Crippen molar-refractivity contribution in [1.82, 2.24) is 20.0 Å². The third-order valence-corrected chi connectivity index (χ3v) is 15.7. The fourth-order valence-corrected chi connectivity index (χ4v) is 11.1. The van der Waals surface area contributed by atoms with Crippen LogP contribution in [0.3, 0.4) is 0 Å². The molecule has 1 aromatic rings. The van der Waals surface area contributed by atoms with Gasteiger partial charge in [-0.3, -0.25) is 24.0 Å². The Morgan fingerprint density at radius 1 is 0.907 bits per heavy atom. The number of benzene rings is 1. The van der Waals surface area contributed by atoms with Crippen molar-refractivity contribution < 1.29 is 77.7 Å². The van der Waals surface area contributed by atoms with Crippen molar-refractivity contribution in [2.75, 3.05) is 33.3 Å². The molecule has 21 heteroatoms. The maximum Gasteiger partial charge on any atom is 0.340 e. The summed E-state index contributed by atoms with van der Waals surface area (Å²) in [6.07, 6.45) is 8.76. The van der Waals surface area contributed by atoms with Crippen LogP contribution in [0.2, 0.25) is 0 Å². The van der Waals surface area contributed by atoms with Crippen LogP contribution in [0.5, 0.6) is 11.5 Å². The van der Waals surface area contributed by atoms with Crippen molar-refractivity contribution in [3.8, 4) is 11.5 Å². The van der Waals surface area contributed by atoms with E-state index in [2.05, 4.69) is 10.5 Å². The molecule has 11 atom stereocenters. The number of esters is 1. The fraction of sp³-hybridized carbons (Fsp3) is 0.500. The highest BCUT2D eigenvalue weighted by atomic mass is 19.1. The molecule has 0 aromatic heterocycles. The Morgan fingerprint density at radius 2 is 1.57 bits per heavy atom. The van der Waals surface area contributed by atoms with Gasteiger partial charge in [-0.05, 0) is 44.9 Å².